The van der Waals surface area contributed by atoms with Crippen molar-refractivity contribution in [2.45, 2.75) is 44.3 Å². The summed E-state index contributed by atoms with van der Waals surface area (Å²) in [5, 5.41) is 12.9. The fourth-order valence-corrected chi connectivity index (χ4v) is 4.69. The number of ether oxygens (including phenoxy) is 1. The zero-order chi connectivity index (χ0) is 32.8. The first-order valence-corrected chi connectivity index (χ1v) is 13.9. The first-order valence-electron chi connectivity index (χ1n) is 13.9. The van der Waals surface area contributed by atoms with E-state index in [4.69, 9.17) is 9.84 Å². The molecule has 45 heavy (non-hydrogen) atoms. The Morgan fingerprint density at radius 3 is 2.20 bits per heavy atom. The molecule has 13 heteroatoms. The van der Waals surface area contributed by atoms with Crippen LogP contribution in [0.15, 0.2) is 72.8 Å². The number of hydrogen-bond donors (Lipinski definition) is 3. The van der Waals surface area contributed by atoms with Gasteiger partial charge in [-0.25, -0.2) is 9.59 Å². The Kier molecular flexibility index (Phi) is 10.1. The molecule has 0 unspecified atom stereocenters. The van der Waals surface area contributed by atoms with Crippen LogP contribution in [0.4, 0.5) is 38.1 Å². The fraction of sp³-hybridized carbons (Fsp3) is 0.281. The normalized spacial score (nSPS) is 13.4. The van der Waals surface area contributed by atoms with E-state index in [-0.39, 0.29) is 23.5 Å². The van der Waals surface area contributed by atoms with Gasteiger partial charge in [-0.15, -0.1) is 0 Å². The number of nitrogens with zero attached hydrogens (tertiary/aromatic N) is 1. The summed E-state index contributed by atoms with van der Waals surface area (Å²) in [7, 11) is 1.21. The number of allylic oxidation sites excluding steroid dienone is 2. The van der Waals surface area contributed by atoms with Gasteiger partial charge in [0.1, 0.15) is 5.75 Å². The van der Waals surface area contributed by atoms with E-state index in [1.54, 1.807) is 12.1 Å². The summed E-state index contributed by atoms with van der Waals surface area (Å²) in [5.41, 5.74) is 1.93. The number of anilines is 2. The van der Waals surface area contributed by atoms with Crippen molar-refractivity contribution in [3.05, 3.63) is 95.1 Å². The van der Waals surface area contributed by atoms with E-state index in [1.807, 2.05) is 17.4 Å². The molecule has 0 aromatic heterocycles. The van der Waals surface area contributed by atoms with Crippen LogP contribution in [-0.4, -0.2) is 42.6 Å². The molecule has 3 amide bonds. The van der Waals surface area contributed by atoms with Gasteiger partial charge in [-0.2, -0.15) is 22.0 Å². The monoisotopic (exact) mass is 631 g/mol. The van der Waals surface area contributed by atoms with Crippen LogP contribution in [-0.2, 0) is 17.5 Å². The van der Waals surface area contributed by atoms with Crippen LogP contribution < -0.4 is 20.3 Å². The number of alkyl halides is 5. The Morgan fingerprint density at radius 1 is 0.933 bits per heavy atom. The standard InChI is InChI=1S/C32H30F5N3O5/c1-45-27-16-24(32(35,36)37)15-25(17-27)39-30(44)40(26-13-11-22(12-14-26)21-5-3-2-4-6-21)18-20-7-9-23(10-8-20)28(41)38-19-31(33,34)29(42)43/h5,7-17H,2-4,6,18-19H2,1H3,(H,38,41)(H,39,44)(H,42,43). The topological polar surface area (TPSA) is 108 Å². The third-order valence-corrected chi connectivity index (χ3v) is 7.15. The Morgan fingerprint density at radius 2 is 1.62 bits per heavy atom. The smallest absolute Gasteiger partial charge is 0.416 e. The summed E-state index contributed by atoms with van der Waals surface area (Å²) in [4.78, 5) is 37.8. The molecule has 0 saturated carbocycles. The molecule has 0 atom stereocenters. The average Bonchev–Trinajstić information content (AvgIpc) is 3.02. The van der Waals surface area contributed by atoms with Gasteiger partial charge in [0.2, 0.25) is 0 Å². The predicted octanol–water partition coefficient (Wildman–Crippen LogP) is 7.36. The van der Waals surface area contributed by atoms with Crippen molar-refractivity contribution >= 4 is 34.9 Å². The molecule has 0 radical (unpaired) electrons. The number of methoxy groups -OCH3 is 1. The van der Waals surface area contributed by atoms with E-state index in [1.165, 1.54) is 47.9 Å². The van der Waals surface area contributed by atoms with Crippen molar-refractivity contribution in [2.75, 3.05) is 23.9 Å². The van der Waals surface area contributed by atoms with E-state index < -0.39 is 42.1 Å². The molecule has 3 N–H and O–H groups in total. The Hall–Kier alpha value is -4.94. The van der Waals surface area contributed by atoms with Crippen LogP contribution in [0.5, 0.6) is 5.75 Å². The number of urea groups is 1. The Labute approximate surface area is 255 Å². The van der Waals surface area contributed by atoms with Crippen molar-refractivity contribution in [1.82, 2.24) is 5.32 Å². The molecule has 0 aliphatic heterocycles. The van der Waals surface area contributed by atoms with E-state index in [9.17, 15) is 36.3 Å². The summed E-state index contributed by atoms with van der Waals surface area (Å²) in [6.07, 6.45) is 1.57. The van der Waals surface area contributed by atoms with Crippen molar-refractivity contribution < 1.29 is 46.2 Å². The van der Waals surface area contributed by atoms with E-state index >= 15 is 0 Å². The van der Waals surface area contributed by atoms with Crippen molar-refractivity contribution in [2.24, 2.45) is 0 Å². The minimum absolute atomic E-state index is 0.0305. The zero-order valence-corrected chi connectivity index (χ0v) is 24.1. The number of halogens is 5. The minimum atomic E-state index is -4.69. The van der Waals surface area contributed by atoms with Gasteiger partial charge in [0.15, 0.2) is 0 Å². The predicted molar refractivity (Wildman–Crippen MR) is 157 cm³/mol. The van der Waals surface area contributed by atoms with Gasteiger partial charge in [-0.1, -0.05) is 30.3 Å². The van der Waals surface area contributed by atoms with Crippen molar-refractivity contribution in [1.29, 1.82) is 0 Å². The van der Waals surface area contributed by atoms with Crippen LogP contribution in [0, 0.1) is 0 Å². The molecular formula is C32H30F5N3O5. The molecule has 0 heterocycles. The largest absolute Gasteiger partial charge is 0.497 e. The first-order chi connectivity index (χ1) is 21.3. The number of benzene rings is 3. The van der Waals surface area contributed by atoms with Gasteiger partial charge < -0.3 is 20.5 Å². The highest BCUT2D eigenvalue weighted by molar-refractivity contribution is 6.02. The molecule has 3 aromatic carbocycles. The van der Waals surface area contributed by atoms with Crippen LogP contribution in [0.25, 0.3) is 5.57 Å². The highest BCUT2D eigenvalue weighted by Gasteiger charge is 2.39. The molecule has 0 fully saturated rings. The highest BCUT2D eigenvalue weighted by atomic mass is 19.4. The van der Waals surface area contributed by atoms with Crippen molar-refractivity contribution in [3.63, 3.8) is 0 Å². The lowest BCUT2D eigenvalue weighted by Crippen LogP contribution is -2.42. The summed E-state index contributed by atoms with van der Waals surface area (Å²) in [6.45, 7) is -1.48. The lowest BCUT2D eigenvalue weighted by molar-refractivity contribution is -0.163. The summed E-state index contributed by atoms with van der Waals surface area (Å²) in [6, 6.07) is 14.9. The minimum Gasteiger partial charge on any atom is -0.497 e. The molecule has 8 nitrogen and oxygen atoms in total. The summed E-state index contributed by atoms with van der Waals surface area (Å²) >= 11 is 0. The van der Waals surface area contributed by atoms with Crippen LogP contribution in [0.2, 0.25) is 0 Å². The number of aliphatic carboxylic acids is 1. The van der Waals surface area contributed by atoms with Crippen molar-refractivity contribution in [3.8, 4) is 5.75 Å². The van der Waals surface area contributed by atoms with Gasteiger partial charge in [-0.3, -0.25) is 9.69 Å². The summed E-state index contributed by atoms with van der Waals surface area (Å²) < 4.78 is 72.1. The maximum atomic E-state index is 13.6. The number of carbonyl (C=O) groups excluding carboxylic acids is 2. The zero-order valence-electron chi connectivity index (χ0n) is 24.1. The first kappa shape index (κ1) is 33.0. The Bertz CT molecular complexity index is 1570. The SMILES string of the molecule is COc1cc(NC(=O)N(Cc2ccc(C(=O)NCC(F)(F)C(=O)O)cc2)c2ccc(C3=CCCCC3)cc2)cc(C(F)(F)F)c1. The second-order valence-electron chi connectivity index (χ2n) is 10.4. The third kappa shape index (κ3) is 8.58. The van der Waals surface area contributed by atoms with Crippen LogP contribution >= 0.6 is 0 Å². The summed E-state index contributed by atoms with van der Waals surface area (Å²) in [5.74, 6) is -7.55. The maximum absolute atomic E-state index is 13.6. The number of carboxylic acids is 1. The van der Waals surface area contributed by atoms with E-state index in [0.29, 0.717) is 11.3 Å². The maximum Gasteiger partial charge on any atom is 0.416 e. The quantitative estimate of drug-likeness (QED) is 0.203. The number of carbonyl (C=O) groups is 3. The number of carboxylic acid groups (broad SMARTS) is 1. The molecular weight excluding hydrogens is 601 g/mol. The van der Waals surface area contributed by atoms with E-state index in [2.05, 4.69) is 11.4 Å². The molecule has 0 saturated heterocycles. The van der Waals surface area contributed by atoms with Crippen LogP contribution in [0.3, 0.4) is 0 Å². The highest BCUT2D eigenvalue weighted by Crippen LogP contribution is 2.35. The van der Waals surface area contributed by atoms with Crippen LogP contribution in [0.1, 0.15) is 52.7 Å². The third-order valence-electron chi connectivity index (χ3n) is 7.15. The lowest BCUT2D eigenvalue weighted by atomic mass is 9.93. The molecule has 1 aliphatic carbocycles. The number of hydrogen-bond acceptors (Lipinski definition) is 4. The molecule has 1 aliphatic rings. The van der Waals surface area contributed by atoms with E-state index in [0.717, 1.165) is 43.4 Å². The van der Waals surface area contributed by atoms with Gasteiger partial charge >= 0.3 is 24.1 Å². The second-order valence-corrected chi connectivity index (χ2v) is 10.4. The van der Waals surface area contributed by atoms with Gasteiger partial charge in [0, 0.05) is 23.0 Å². The molecule has 4 rings (SSSR count). The number of rotatable bonds is 10. The molecule has 238 valence electrons. The van der Waals surface area contributed by atoms with Gasteiger partial charge in [0.25, 0.3) is 5.91 Å². The molecule has 0 spiro atoms. The van der Waals surface area contributed by atoms with Gasteiger partial charge in [0.05, 0.1) is 25.8 Å². The molecule has 3 aromatic rings. The number of amides is 3. The van der Waals surface area contributed by atoms with Gasteiger partial charge in [-0.05, 0) is 78.8 Å². The second kappa shape index (κ2) is 13.8. The lowest BCUT2D eigenvalue weighted by Gasteiger charge is -2.25. The molecule has 0 bridgehead atoms. The fourth-order valence-electron chi connectivity index (χ4n) is 4.69. The number of nitrogens with one attached hydrogen (secondary N) is 2. The Balaban J connectivity index is 1.59. The average molecular weight is 632 g/mol.